The highest BCUT2D eigenvalue weighted by Crippen LogP contribution is 2.25. The van der Waals surface area contributed by atoms with E-state index < -0.39 is 10.0 Å². The normalized spacial score (nSPS) is 15.7. The zero-order valence-electron chi connectivity index (χ0n) is 14.6. The SMILES string of the molecule is C=CC(=O)N1CCN(S(=O)(=O)c2ccc(-c3cccnc3C)cc2)CC1. The number of amides is 1. The van der Waals surface area contributed by atoms with Gasteiger partial charge in [-0.3, -0.25) is 9.78 Å². The van der Waals surface area contributed by atoms with E-state index in [-0.39, 0.29) is 23.9 Å². The van der Waals surface area contributed by atoms with E-state index in [4.69, 9.17) is 0 Å². The fraction of sp³-hybridized carbons (Fsp3) is 0.263. The van der Waals surface area contributed by atoms with Crippen LogP contribution in [0.2, 0.25) is 0 Å². The van der Waals surface area contributed by atoms with Crippen molar-refractivity contribution in [2.45, 2.75) is 11.8 Å². The summed E-state index contributed by atoms with van der Waals surface area (Å²) in [6.07, 6.45) is 2.98. The first-order chi connectivity index (χ1) is 12.4. The lowest BCUT2D eigenvalue weighted by molar-refractivity contribution is -0.127. The van der Waals surface area contributed by atoms with Crippen LogP contribution in [-0.4, -0.2) is 54.7 Å². The van der Waals surface area contributed by atoms with Gasteiger partial charge in [0.1, 0.15) is 0 Å². The molecule has 0 N–H and O–H groups in total. The minimum atomic E-state index is -3.57. The van der Waals surface area contributed by atoms with Crippen molar-refractivity contribution in [3.8, 4) is 11.1 Å². The van der Waals surface area contributed by atoms with Crippen molar-refractivity contribution in [1.29, 1.82) is 0 Å². The van der Waals surface area contributed by atoms with E-state index in [9.17, 15) is 13.2 Å². The number of carbonyl (C=O) groups is 1. The minimum absolute atomic E-state index is 0.168. The molecule has 1 saturated heterocycles. The molecular weight excluding hydrogens is 350 g/mol. The fourth-order valence-electron chi connectivity index (χ4n) is 3.02. The summed E-state index contributed by atoms with van der Waals surface area (Å²) < 4.78 is 27.1. The Kier molecular flexibility index (Phi) is 5.20. The van der Waals surface area contributed by atoms with Crippen molar-refractivity contribution in [2.75, 3.05) is 26.2 Å². The zero-order valence-corrected chi connectivity index (χ0v) is 15.4. The van der Waals surface area contributed by atoms with Gasteiger partial charge in [-0.25, -0.2) is 8.42 Å². The van der Waals surface area contributed by atoms with Crippen molar-refractivity contribution in [1.82, 2.24) is 14.2 Å². The topological polar surface area (TPSA) is 70.6 Å². The number of sulfonamides is 1. The smallest absolute Gasteiger partial charge is 0.246 e. The van der Waals surface area contributed by atoms with E-state index in [2.05, 4.69) is 11.6 Å². The summed E-state index contributed by atoms with van der Waals surface area (Å²) in [6.45, 7) is 6.69. The zero-order chi connectivity index (χ0) is 18.7. The van der Waals surface area contributed by atoms with Gasteiger partial charge >= 0.3 is 0 Å². The molecule has 1 fully saturated rings. The van der Waals surface area contributed by atoms with Crippen LogP contribution in [0.1, 0.15) is 5.69 Å². The van der Waals surface area contributed by atoms with E-state index in [1.165, 1.54) is 10.4 Å². The van der Waals surface area contributed by atoms with E-state index in [0.29, 0.717) is 13.1 Å². The molecule has 0 unspecified atom stereocenters. The van der Waals surface area contributed by atoms with Gasteiger partial charge in [-0.1, -0.05) is 24.8 Å². The number of hydrogen-bond donors (Lipinski definition) is 0. The molecule has 0 saturated carbocycles. The fourth-order valence-corrected chi connectivity index (χ4v) is 4.45. The Morgan fingerprint density at radius 3 is 2.35 bits per heavy atom. The molecule has 136 valence electrons. The summed E-state index contributed by atoms with van der Waals surface area (Å²) in [6, 6.07) is 10.7. The molecule has 0 bridgehead atoms. The maximum Gasteiger partial charge on any atom is 0.246 e. The molecule has 1 aliphatic rings. The average Bonchev–Trinajstić information content (AvgIpc) is 2.68. The number of rotatable bonds is 4. The van der Waals surface area contributed by atoms with Crippen LogP contribution >= 0.6 is 0 Å². The Morgan fingerprint density at radius 2 is 1.77 bits per heavy atom. The summed E-state index contributed by atoms with van der Waals surface area (Å²) in [5, 5.41) is 0. The van der Waals surface area contributed by atoms with Crippen molar-refractivity contribution in [3.63, 3.8) is 0 Å². The van der Waals surface area contributed by atoms with Crippen molar-refractivity contribution >= 4 is 15.9 Å². The number of hydrogen-bond acceptors (Lipinski definition) is 4. The van der Waals surface area contributed by atoms with Gasteiger partial charge in [0.2, 0.25) is 15.9 Å². The first-order valence-electron chi connectivity index (χ1n) is 8.37. The quantitative estimate of drug-likeness (QED) is 0.772. The molecule has 1 aromatic carbocycles. The van der Waals surface area contributed by atoms with Gasteiger partial charge in [0.25, 0.3) is 0 Å². The number of carbonyl (C=O) groups excluding carboxylic acids is 1. The van der Waals surface area contributed by atoms with Crippen LogP contribution in [0.25, 0.3) is 11.1 Å². The molecule has 0 atom stereocenters. The number of aromatic nitrogens is 1. The lowest BCUT2D eigenvalue weighted by atomic mass is 10.1. The Hall–Kier alpha value is -2.51. The Balaban J connectivity index is 1.77. The molecule has 0 spiro atoms. The van der Waals surface area contributed by atoms with Crippen LogP contribution in [0.3, 0.4) is 0 Å². The van der Waals surface area contributed by atoms with Gasteiger partial charge < -0.3 is 4.90 Å². The van der Waals surface area contributed by atoms with E-state index >= 15 is 0 Å². The maximum atomic E-state index is 12.8. The Bertz CT molecular complexity index is 915. The second-order valence-electron chi connectivity index (χ2n) is 6.09. The molecule has 2 heterocycles. The predicted octanol–water partition coefficient (Wildman–Crippen LogP) is 2.08. The third kappa shape index (κ3) is 3.54. The number of nitrogens with zero attached hydrogens (tertiary/aromatic N) is 3. The average molecular weight is 371 g/mol. The molecule has 1 aromatic heterocycles. The molecule has 1 aliphatic heterocycles. The molecule has 1 amide bonds. The summed E-state index contributed by atoms with van der Waals surface area (Å²) in [4.78, 5) is 17.8. The number of pyridine rings is 1. The lowest BCUT2D eigenvalue weighted by Gasteiger charge is -2.33. The van der Waals surface area contributed by atoms with Gasteiger partial charge in [0.05, 0.1) is 4.90 Å². The highest BCUT2D eigenvalue weighted by molar-refractivity contribution is 7.89. The number of aryl methyl sites for hydroxylation is 1. The van der Waals surface area contributed by atoms with E-state index in [0.717, 1.165) is 16.8 Å². The number of benzene rings is 1. The van der Waals surface area contributed by atoms with E-state index in [1.54, 1.807) is 35.4 Å². The summed E-state index contributed by atoms with van der Waals surface area (Å²) in [7, 11) is -3.57. The third-order valence-electron chi connectivity index (χ3n) is 4.53. The summed E-state index contributed by atoms with van der Waals surface area (Å²) in [5.41, 5.74) is 2.80. The highest BCUT2D eigenvalue weighted by atomic mass is 32.2. The van der Waals surface area contributed by atoms with Gasteiger partial charge in [0, 0.05) is 43.6 Å². The molecule has 0 aliphatic carbocycles. The van der Waals surface area contributed by atoms with Gasteiger partial charge in [-0.2, -0.15) is 4.31 Å². The van der Waals surface area contributed by atoms with Crippen molar-refractivity contribution in [3.05, 3.63) is 60.9 Å². The molecular formula is C19H21N3O3S. The standard InChI is InChI=1S/C19H21N3O3S/c1-3-19(23)21-11-13-22(14-12-21)26(24,25)17-8-6-16(7-9-17)18-5-4-10-20-15(18)2/h3-10H,1,11-14H2,2H3. The number of piperazine rings is 1. The summed E-state index contributed by atoms with van der Waals surface area (Å²) >= 11 is 0. The van der Waals surface area contributed by atoms with Crippen LogP contribution in [-0.2, 0) is 14.8 Å². The molecule has 0 radical (unpaired) electrons. The minimum Gasteiger partial charge on any atom is -0.337 e. The van der Waals surface area contributed by atoms with Gasteiger partial charge in [-0.15, -0.1) is 0 Å². The lowest BCUT2D eigenvalue weighted by Crippen LogP contribution is -2.50. The third-order valence-corrected chi connectivity index (χ3v) is 6.45. The molecule has 6 nitrogen and oxygen atoms in total. The van der Waals surface area contributed by atoms with Crippen LogP contribution < -0.4 is 0 Å². The van der Waals surface area contributed by atoms with Crippen molar-refractivity contribution < 1.29 is 13.2 Å². The maximum absolute atomic E-state index is 12.8. The van der Waals surface area contributed by atoms with Crippen LogP contribution in [0.4, 0.5) is 0 Å². The molecule has 7 heteroatoms. The van der Waals surface area contributed by atoms with Gasteiger partial charge in [0.15, 0.2) is 0 Å². The molecule has 26 heavy (non-hydrogen) atoms. The monoisotopic (exact) mass is 371 g/mol. The van der Waals surface area contributed by atoms with Crippen LogP contribution in [0.15, 0.2) is 60.1 Å². The van der Waals surface area contributed by atoms with Crippen molar-refractivity contribution in [2.24, 2.45) is 0 Å². The second kappa shape index (κ2) is 7.39. The highest BCUT2D eigenvalue weighted by Gasteiger charge is 2.29. The second-order valence-corrected chi connectivity index (χ2v) is 8.03. The summed E-state index contributed by atoms with van der Waals surface area (Å²) in [5.74, 6) is -0.168. The molecule has 2 aromatic rings. The predicted molar refractivity (Wildman–Crippen MR) is 99.9 cm³/mol. The first kappa shape index (κ1) is 18.3. The Labute approximate surface area is 153 Å². The molecule has 3 rings (SSSR count). The largest absolute Gasteiger partial charge is 0.337 e. The van der Waals surface area contributed by atoms with Crippen LogP contribution in [0, 0.1) is 6.92 Å². The Morgan fingerprint density at radius 1 is 1.12 bits per heavy atom. The van der Waals surface area contributed by atoms with Crippen LogP contribution in [0.5, 0.6) is 0 Å². The first-order valence-corrected chi connectivity index (χ1v) is 9.81. The van der Waals surface area contributed by atoms with E-state index in [1.807, 2.05) is 19.1 Å². The van der Waals surface area contributed by atoms with Gasteiger partial charge in [-0.05, 0) is 36.8 Å².